The lowest BCUT2D eigenvalue weighted by atomic mass is 9.78. The molecular formula is C16H33N3. The molecule has 1 heterocycles. The smallest absolute Gasteiger partial charge is 0.0108 e. The van der Waals surface area contributed by atoms with Crippen LogP contribution in [0.15, 0.2) is 0 Å². The van der Waals surface area contributed by atoms with Gasteiger partial charge in [0.15, 0.2) is 0 Å². The van der Waals surface area contributed by atoms with Crippen molar-refractivity contribution in [2.45, 2.75) is 46.0 Å². The quantitative estimate of drug-likeness (QED) is 0.692. The van der Waals surface area contributed by atoms with Gasteiger partial charge in [-0.15, -0.1) is 0 Å². The molecule has 19 heavy (non-hydrogen) atoms. The molecule has 3 heteroatoms. The van der Waals surface area contributed by atoms with E-state index in [1.807, 2.05) is 0 Å². The fourth-order valence-corrected chi connectivity index (χ4v) is 3.97. The Kier molecular flexibility index (Phi) is 6.11. The first kappa shape index (κ1) is 15.3. The summed E-state index contributed by atoms with van der Waals surface area (Å²) < 4.78 is 0. The van der Waals surface area contributed by atoms with Gasteiger partial charge in [0.25, 0.3) is 0 Å². The highest BCUT2D eigenvalue weighted by Gasteiger charge is 2.33. The van der Waals surface area contributed by atoms with Crippen LogP contribution >= 0.6 is 0 Å². The summed E-state index contributed by atoms with van der Waals surface area (Å²) in [4.78, 5) is 2.58. The van der Waals surface area contributed by atoms with Crippen LogP contribution in [-0.2, 0) is 0 Å². The molecule has 1 saturated heterocycles. The van der Waals surface area contributed by atoms with Gasteiger partial charge in [0.05, 0.1) is 0 Å². The summed E-state index contributed by atoms with van der Waals surface area (Å²) in [6.07, 6.45) is 7.21. The molecule has 1 saturated carbocycles. The number of hydrogen-bond donors (Lipinski definition) is 2. The molecule has 1 aliphatic heterocycles. The van der Waals surface area contributed by atoms with E-state index in [4.69, 9.17) is 0 Å². The Morgan fingerprint density at radius 3 is 2.47 bits per heavy atom. The van der Waals surface area contributed by atoms with Crippen LogP contribution in [0.5, 0.6) is 0 Å². The van der Waals surface area contributed by atoms with Crippen molar-refractivity contribution in [3.8, 4) is 0 Å². The van der Waals surface area contributed by atoms with Crippen LogP contribution in [0.2, 0.25) is 0 Å². The maximum atomic E-state index is 3.76. The molecule has 2 aliphatic rings. The van der Waals surface area contributed by atoms with Gasteiger partial charge in [-0.2, -0.15) is 0 Å². The summed E-state index contributed by atoms with van der Waals surface area (Å²) in [5, 5.41) is 7.17. The lowest BCUT2D eigenvalue weighted by Gasteiger charge is -2.32. The van der Waals surface area contributed by atoms with Gasteiger partial charge in [0.1, 0.15) is 0 Å². The van der Waals surface area contributed by atoms with E-state index in [0.717, 1.165) is 19.0 Å². The topological polar surface area (TPSA) is 27.3 Å². The maximum Gasteiger partial charge on any atom is 0.0108 e. The van der Waals surface area contributed by atoms with Crippen molar-refractivity contribution >= 4 is 0 Å². The van der Waals surface area contributed by atoms with E-state index < -0.39 is 0 Å². The average Bonchev–Trinajstić information content (AvgIpc) is 2.84. The zero-order valence-corrected chi connectivity index (χ0v) is 13.0. The Bertz CT molecular complexity index is 240. The van der Waals surface area contributed by atoms with Gasteiger partial charge in [-0.05, 0) is 30.6 Å². The van der Waals surface area contributed by atoms with Crippen molar-refractivity contribution < 1.29 is 0 Å². The van der Waals surface area contributed by atoms with E-state index in [1.165, 1.54) is 64.8 Å². The van der Waals surface area contributed by atoms with Crippen LogP contribution in [0.1, 0.15) is 46.0 Å². The molecule has 0 aromatic rings. The summed E-state index contributed by atoms with van der Waals surface area (Å²) in [7, 11) is 0. The first-order chi connectivity index (χ1) is 9.20. The lowest BCUT2D eigenvalue weighted by Crippen LogP contribution is -2.46. The third-order valence-electron chi connectivity index (χ3n) is 4.82. The normalized spacial score (nSPS) is 24.2. The highest BCUT2D eigenvalue weighted by molar-refractivity contribution is 4.87. The van der Waals surface area contributed by atoms with Crippen LogP contribution in [-0.4, -0.2) is 50.7 Å². The number of nitrogens with one attached hydrogen (secondary N) is 2. The van der Waals surface area contributed by atoms with Gasteiger partial charge in [0.2, 0.25) is 0 Å². The van der Waals surface area contributed by atoms with Gasteiger partial charge < -0.3 is 10.6 Å². The predicted molar refractivity (Wildman–Crippen MR) is 82.5 cm³/mol. The summed E-state index contributed by atoms with van der Waals surface area (Å²) in [6, 6.07) is 0. The van der Waals surface area contributed by atoms with Crippen LogP contribution in [0.4, 0.5) is 0 Å². The van der Waals surface area contributed by atoms with Crippen molar-refractivity contribution in [1.29, 1.82) is 0 Å². The number of nitrogens with zero attached hydrogens (tertiary/aromatic N) is 1. The second-order valence-corrected chi connectivity index (χ2v) is 7.07. The summed E-state index contributed by atoms with van der Waals surface area (Å²) >= 11 is 0. The average molecular weight is 267 g/mol. The van der Waals surface area contributed by atoms with E-state index in [0.29, 0.717) is 5.41 Å². The first-order valence-electron chi connectivity index (χ1n) is 8.34. The Hall–Kier alpha value is -0.120. The van der Waals surface area contributed by atoms with Crippen molar-refractivity contribution in [2.75, 3.05) is 45.8 Å². The van der Waals surface area contributed by atoms with Crippen molar-refractivity contribution in [3.05, 3.63) is 0 Å². The fourth-order valence-electron chi connectivity index (χ4n) is 3.97. The summed E-state index contributed by atoms with van der Waals surface area (Å²) in [5.41, 5.74) is 0.623. The summed E-state index contributed by atoms with van der Waals surface area (Å²) in [6.45, 7) is 13.2. The van der Waals surface area contributed by atoms with E-state index in [1.54, 1.807) is 0 Å². The van der Waals surface area contributed by atoms with E-state index in [9.17, 15) is 0 Å². The zero-order valence-electron chi connectivity index (χ0n) is 13.0. The Balaban J connectivity index is 1.64. The number of piperazine rings is 1. The molecule has 0 aromatic carbocycles. The number of hydrogen-bond acceptors (Lipinski definition) is 3. The molecule has 3 nitrogen and oxygen atoms in total. The maximum absolute atomic E-state index is 3.76. The molecule has 0 radical (unpaired) electrons. The molecular weight excluding hydrogens is 234 g/mol. The number of rotatable bonds is 7. The minimum Gasteiger partial charge on any atom is -0.315 e. The molecule has 1 aliphatic carbocycles. The zero-order chi connectivity index (χ0) is 13.6. The minimum absolute atomic E-state index is 0.623. The Morgan fingerprint density at radius 1 is 1.16 bits per heavy atom. The van der Waals surface area contributed by atoms with Crippen LogP contribution in [0.3, 0.4) is 0 Å². The minimum atomic E-state index is 0.623. The molecule has 2 fully saturated rings. The fraction of sp³-hybridized carbons (Fsp3) is 1.00. The predicted octanol–water partition coefficient (Wildman–Crippen LogP) is 2.09. The largest absolute Gasteiger partial charge is 0.315 e. The molecule has 2 rings (SSSR count). The third kappa shape index (κ3) is 5.05. The van der Waals surface area contributed by atoms with Crippen molar-refractivity contribution in [3.63, 3.8) is 0 Å². The molecule has 0 atom stereocenters. The highest BCUT2D eigenvalue weighted by Crippen LogP contribution is 2.42. The third-order valence-corrected chi connectivity index (χ3v) is 4.82. The second-order valence-electron chi connectivity index (χ2n) is 7.07. The Labute approximate surface area is 119 Å². The van der Waals surface area contributed by atoms with Gasteiger partial charge in [0, 0.05) is 45.8 Å². The van der Waals surface area contributed by atoms with Crippen LogP contribution in [0.25, 0.3) is 0 Å². The van der Waals surface area contributed by atoms with E-state index in [2.05, 4.69) is 29.4 Å². The molecule has 112 valence electrons. The van der Waals surface area contributed by atoms with Crippen LogP contribution < -0.4 is 10.6 Å². The highest BCUT2D eigenvalue weighted by atomic mass is 15.2. The standard InChI is InChI=1S/C16H33N3/c1-15(2)13-16(5-3-4-6-16)14-18-9-12-19-10-7-17-8-11-19/h15,17-18H,3-14H2,1-2H3. The van der Waals surface area contributed by atoms with Gasteiger partial charge in [-0.3, -0.25) is 4.90 Å². The van der Waals surface area contributed by atoms with Crippen molar-refractivity contribution in [2.24, 2.45) is 11.3 Å². The van der Waals surface area contributed by atoms with Crippen LogP contribution in [0, 0.1) is 11.3 Å². The second kappa shape index (κ2) is 7.61. The van der Waals surface area contributed by atoms with Gasteiger partial charge >= 0.3 is 0 Å². The Morgan fingerprint density at radius 2 is 1.84 bits per heavy atom. The van der Waals surface area contributed by atoms with Gasteiger partial charge in [-0.25, -0.2) is 0 Å². The van der Waals surface area contributed by atoms with E-state index >= 15 is 0 Å². The van der Waals surface area contributed by atoms with Crippen molar-refractivity contribution in [1.82, 2.24) is 15.5 Å². The first-order valence-corrected chi connectivity index (χ1v) is 8.34. The SMILES string of the molecule is CC(C)CC1(CNCCN2CCNCC2)CCCC1. The van der Waals surface area contributed by atoms with Gasteiger partial charge in [-0.1, -0.05) is 26.7 Å². The molecule has 2 N–H and O–H groups in total. The molecule has 0 bridgehead atoms. The molecule has 0 amide bonds. The molecule has 0 unspecified atom stereocenters. The summed E-state index contributed by atoms with van der Waals surface area (Å²) in [5.74, 6) is 0.841. The lowest BCUT2D eigenvalue weighted by molar-refractivity contribution is 0.208. The molecule has 0 aromatic heterocycles. The molecule has 0 spiro atoms. The monoisotopic (exact) mass is 267 g/mol. The van der Waals surface area contributed by atoms with E-state index in [-0.39, 0.29) is 0 Å².